The fourth-order valence-electron chi connectivity index (χ4n) is 2.29. The highest BCUT2D eigenvalue weighted by atomic mass is 35.6. The van der Waals surface area contributed by atoms with Gasteiger partial charge in [0, 0.05) is 0 Å². The Morgan fingerprint density at radius 1 is 1.00 bits per heavy atom. The van der Waals surface area contributed by atoms with Crippen molar-refractivity contribution in [1.82, 2.24) is 0 Å². The van der Waals surface area contributed by atoms with Gasteiger partial charge in [0.1, 0.15) is 12.4 Å². The molecule has 0 saturated carbocycles. The molecule has 2 aromatic carbocycles. The first-order valence-electron chi connectivity index (χ1n) is 7.58. The molecule has 21 heavy (non-hydrogen) atoms. The lowest BCUT2D eigenvalue weighted by Gasteiger charge is -2.20. The van der Waals surface area contributed by atoms with Crippen LogP contribution >= 0.6 is 11.1 Å². The zero-order valence-electron chi connectivity index (χ0n) is 12.8. The Bertz CT molecular complexity index is 537. The Labute approximate surface area is 133 Å². The molecule has 2 aromatic rings. The quantitative estimate of drug-likeness (QED) is 0.510. The van der Waals surface area contributed by atoms with E-state index in [-0.39, 0.29) is 0 Å². The molecular formula is C18H23ClOSi. The summed E-state index contributed by atoms with van der Waals surface area (Å²) in [5.41, 5.74) is 1.18. The molecule has 1 atom stereocenters. The predicted octanol–water partition coefficient (Wildman–Crippen LogP) is 5.09. The molecule has 1 unspecified atom stereocenters. The highest BCUT2D eigenvalue weighted by Crippen LogP contribution is 2.20. The van der Waals surface area contributed by atoms with Gasteiger partial charge in [-0.2, -0.15) is 11.1 Å². The standard InChI is InChI=1S/C18H23ClOSi/c1-3-4-14-21(2,19)18-12-10-17(11-13-18)20-15-16-8-6-5-7-9-16/h5-13H,3-4,14-15H2,1-2H3. The molecule has 0 heterocycles. The first kappa shape index (κ1) is 16.1. The first-order chi connectivity index (χ1) is 10.1. The fraction of sp³-hybridized carbons (Fsp3) is 0.333. The Balaban J connectivity index is 1.95. The number of ether oxygens (including phenoxy) is 1. The van der Waals surface area contributed by atoms with E-state index in [1.54, 1.807) is 0 Å². The molecule has 0 aliphatic carbocycles. The lowest BCUT2D eigenvalue weighted by Crippen LogP contribution is -2.38. The van der Waals surface area contributed by atoms with Gasteiger partial charge in [-0.15, -0.1) is 0 Å². The van der Waals surface area contributed by atoms with Gasteiger partial charge in [0.15, 0.2) is 7.38 Å². The van der Waals surface area contributed by atoms with Gasteiger partial charge in [-0.05, 0) is 28.9 Å². The van der Waals surface area contributed by atoms with E-state index < -0.39 is 7.38 Å². The van der Waals surface area contributed by atoms with Crippen molar-refractivity contribution in [3.63, 3.8) is 0 Å². The van der Waals surface area contributed by atoms with Crippen LogP contribution in [-0.4, -0.2) is 7.38 Å². The van der Waals surface area contributed by atoms with Crippen LogP contribution in [0.15, 0.2) is 54.6 Å². The normalized spacial score (nSPS) is 13.7. The fourth-order valence-corrected chi connectivity index (χ4v) is 5.24. The Kier molecular flexibility index (Phi) is 5.89. The van der Waals surface area contributed by atoms with Crippen LogP contribution in [0.2, 0.25) is 12.6 Å². The maximum Gasteiger partial charge on any atom is 0.183 e. The van der Waals surface area contributed by atoms with E-state index in [2.05, 4.69) is 37.7 Å². The summed E-state index contributed by atoms with van der Waals surface area (Å²) in [5.74, 6) is 0.902. The summed E-state index contributed by atoms with van der Waals surface area (Å²) in [4.78, 5) is 0. The Morgan fingerprint density at radius 2 is 1.67 bits per heavy atom. The molecule has 0 N–H and O–H groups in total. The molecule has 0 aromatic heterocycles. The first-order valence-corrected chi connectivity index (χ1v) is 11.3. The minimum atomic E-state index is -1.79. The summed E-state index contributed by atoms with van der Waals surface area (Å²) >= 11 is 6.76. The van der Waals surface area contributed by atoms with E-state index in [4.69, 9.17) is 15.8 Å². The molecule has 112 valence electrons. The van der Waals surface area contributed by atoms with Crippen molar-refractivity contribution in [2.45, 2.75) is 39.0 Å². The van der Waals surface area contributed by atoms with Crippen molar-refractivity contribution in [2.75, 3.05) is 0 Å². The SMILES string of the molecule is CCCC[Si](C)(Cl)c1ccc(OCc2ccccc2)cc1. The highest BCUT2D eigenvalue weighted by Gasteiger charge is 2.26. The van der Waals surface area contributed by atoms with Gasteiger partial charge >= 0.3 is 0 Å². The summed E-state index contributed by atoms with van der Waals surface area (Å²) in [6, 6.07) is 19.7. The zero-order chi connectivity index (χ0) is 15.1. The van der Waals surface area contributed by atoms with Crippen LogP contribution in [0.4, 0.5) is 0 Å². The number of unbranched alkanes of at least 4 members (excludes halogenated alkanes) is 1. The number of halogens is 1. The smallest absolute Gasteiger partial charge is 0.183 e. The maximum atomic E-state index is 6.76. The largest absolute Gasteiger partial charge is 0.489 e. The van der Waals surface area contributed by atoms with E-state index in [1.807, 2.05) is 30.3 Å². The number of hydrogen-bond acceptors (Lipinski definition) is 1. The van der Waals surface area contributed by atoms with Crippen molar-refractivity contribution < 1.29 is 4.74 Å². The van der Waals surface area contributed by atoms with Crippen LogP contribution in [0.25, 0.3) is 0 Å². The van der Waals surface area contributed by atoms with Gasteiger partial charge in [-0.3, -0.25) is 0 Å². The molecule has 1 nitrogen and oxygen atoms in total. The van der Waals surface area contributed by atoms with Gasteiger partial charge < -0.3 is 4.74 Å². The molecule has 2 rings (SSSR count). The number of rotatable bonds is 7. The number of benzene rings is 2. The van der Waals surface area contributed by atoms with Gasteiger partial charge in [-0.25, -0.2) is 0 Å². The van der Waals surface area contributed by atoms with Gasteiger partial charge in [-0.1, -0.05) is 68.8 Å². The Hall–Kier alpha value is -1.25. The molecule has 0 aliphatic rings. The summed E-state index contributed by atoms with van der Waals surface area (Å²) in [7, 11) is -1.79. The van der Waals surface area contributed by atoms with E-state index in [0.717, 1.165) is 11.8 Å². The zero-order valence-corrected chi connectivity index (χ0v) is 14.6. The highest BCUT2D eigenvalue weighted by molar-refractivity contribution is 7.26. The molecule has 0 radical (unpaired) electrons. The maximum absolute atomic E-state index is 6.76. The molecule has 0 saturated heterocycles. The third kappa shape index (κ3) is 4.90. The topological polar surface area (TPSA) is 9.23 Å². The molecule has 0 amide bonds. The van der Waals surface area contributed by atoms with Crippen LogP contribution < -0.4 is 9.92 Å². The van der Waals surface area contributed by atoms with Crippen molar-refractivity contribution in [1.29, 1.82) is 0 Å². The second-order valence-electron chi connectivity index (χ2n) is 5.60. The lowest BCUT2D eigenvalue weighted by molar-refractivity contribution is 0.306. The van der Waals surface area contributed by atoms with Crippen LogP contribution in [-0.2, 0) is 6.61 Å². The van der Waals surface area contributed by atoms with Gasteiger partial charge in [0.25, 0.3) is 0 Å². The van der Waals surface area contributed by atoms with E-state index >= 15 is 0 Å². The van der Waals surface area contributed by atoms with Crippen molar-refractivity contribution in [3.8, 4) is 5.75 Å². The van der Waals surface area contributed by atoms with Crippen molar-refractivity contribution >= 4 is 23.6 Å². The second-order valence-corrected chi connectivity index (χ2v) is 11.6. The second kappa shape index (κ2) is 7.67. The lowest BCUT2D eigenvalue weighted by atomic mass is 10.2. The molecule has 0 fully saturated rings. The number of hydrogen-bond donors (Lipinski definition) is 0. The van der Waals surface area contributed by atoms with Crippen molar-refractivity contribution in [3.05, 3.63) is 60.2 Å². The average molecular weight is 319 g/mol. The average Bonchev–Trinajstić information content (AvgIpc) is 2.52. The summed E-state index contributed by atoms with van der Waals surface area (Å²) < 4.78 is 5.81. The van der Waals surface area contributed by atoms with E-state index in [0.29, 0.717) is 6.61 Å². The minimum absolute atomic E-state index is 0.603. The summed E-state index contributed by atoms with van der Waals surface area (Å²) in [6.45, 7) is 5.04. The van der Waals surface area contributed by atoms with Crippen LogP contribution in [0.5, 0.6) is 5.75 Å². The Morgan fingerprint density at radius 3 is 2.29 bits per heavy atom. The van der Waals surface area contributed by atoms with Gasteiger partial charge in [0.2, 0.25) is 0 Å². The molecule has 0 bridgehead atoms. The summed E-state index contributed by atoms with van der Waals surface area (Å²) in [5, 5.41) is 1.30. The predicted molar refractivity (Wildman–Crippen MR) is 94.0 cm³/mol. The molecular weight excluding hydrogens is 296 g/mol. The van der Waals surface area contributed by atoms with Gasteiger partial charge in [0.05, 0.1) is 0 Å². The third-order valence-electron chi connectivity index (χ3n) is 3.70. The summed E-state index contributed by atoms with van der Waals surface area (Å²) in [6.07, 6.45) is 2.41. The van der Waals surface area contributed by atoms with Crippen LogP contribution in [0, 0.1) is 0 Å². The molecule has 0 aliphatic heterocycles. The van der Waals surface area contributed by atoms with Crippen molar-refractivity contribution in [2.24, 2.45) is 0 Å². The van der Waals surface area contributed by atoms with Crippen LogP contribution in [0.1, 0.15) is 25.3 Å². The van der Waals surface area contributed by atoms with E-state index in [9.17, 15) is 0 Å². The van der Waals surface area contributed by atoms with E-state index in [1.165, 1.54) is 23.6 Å². The third-order valence-corrected chi connectivity index (χ3v) is 7.76. The monoisotopic (exact) mass is 318 g/mol. The molecule has 0 spiro atoms. The minimum Gasteiger partial charge on any atom is -0.489 e. The molecule has 3 heteroatoms. The van der Waals surface area contributed by atoms with Crippen LogP contribution in [0.3, 0.4) is 0 Å².